The van der Waals surface area contributed by atoms with Crippen molar-refractivity contribution in [1.82, 2.24) is 0 Å². The zero-order valence-corrected chi connectivity index (χ0v) is 7.83. The molecule has 1 saturated carbocycles. The van der Waals surface area contributed by atoms with E-state index in [0.29, 0.717) is 13.3 Å². The van der Waals surface area contributed by atoms with E-state index < -0.39 is 0 Å². The third-order valence-electron chi connectivity index (χ3n) is 2.59. The van der Waals surface area contributed by atoms with Gasteiger partial charge in [-0.15, -0.1) is 7.92 Å². The quantitative estimate of drug-likeness (QED) is 0.496. The van der Waals surface area contributed by atoms with Crippen LogP contribution in [0, 0.1) is 5.41 Å². The van der Waals surface area contributed by atoms with Crippen LogP contribution in [0.1, 0.15) is 26.7 Å². The molecule has 0 aromatic heterocycles. The van der Waals surface area contributed by atoms with Crippen molar-refractivity contribution < 1.29 is 0 Å². The fourth-order valence-electron chi connectivity index (χ4n) is 1.81. The molecule has 0 aliphatic heterocycles. The van der Waals surface area contributed by atoms with Crippen LogP contribution < -0.4 is 0 Å². The summed E-state index contributed by atoms with van der Waals surface area (Å²) < 4.78 is 0. The molecule has 54 valence electrons. The van der Waals surface area contributed by atoms with E-state index in [2.05, 4.69) is 27.2 Å². The van der Waals surface area contributed by atoms with Gasteiger partial charge < -0.3 is 0 Å². The van der Waals surface area contributed by atoms with Gasteiger partial charge in [-0.3, -0.25) is 0 Å². The summed E-state index contributed by atoms with van der Waals surface area (Å²) in [5.41, 5.74) is 1.75. The van der Waals surface area contributed by atoms with Crippen LogP contribution in [0.25, 0.3) is 0 Å². The minimum absolute atomic E-state index is 0.337. The van der Waals surface area contributed by atoms with Crippen molar-refractivity contribution in [3.8, 4) is 0 Å². The van der Waals surface area contributed by atoms with E-state index in [0.717, 1.165) is 5.66 Å². The minimum atomic E-state index is 0.337. The molecule has 0 aromatic carbocycles. The Labute approximate surface area is 59.8 Å². The molecule has 1 aliphatic carbocycles. The van der Waals surface area contributed by atoms with Crippen LogP contribution in [0.2, 0.25) is 0 Å². The van der Waals surface area contributed by atoms with Crippen LogP contribution in [0.15, 0.2) is 0 Å². The van der Waals surface area contributed by atoms with Gasteiger partial charge in [0.1, 0.15) is 0 Å². The lowest BCUT2D eigenvalue weighted by molar-refractivity contribution is 0.201. The van der Waals surface area contributed by atoms with Crippen LogP contribution in [-0.4, -0.2) is 19.0 Å². The predicted molar refractivity (Wildman–Crippen MR) is 45.6 cm³/mol. The summed E-state index contributed by atoms with van der Waals surface area (Å²) in [4.78, 5) is 0. The first-order valence-corrected chi connectivity index (χ1v) is 6.01. The molecular weight excluding hydrogens is 127 g/mol. The smallest absolute Gasteiger partial charge is 0.0163 e. The van der Waals surface area contributed by atoms with Gasteiger partial charge in [0, 0.05) is 0 Å². The summed E-state index contributed by atoms with van der Waals surface area (Å²) in [6.45, 7) is 9.62. The first kappa shape index (κ1) is 7.54. The third-order valence-corrected chi connectivity index (χ3v) is 4.79. The van der Waals surface area contributed by atoms with Crippen molar-refractivity contribution in [3.05, 3.63) is 0 Å². The van der Waals surface area contributed by atoms with Gasteiger partial charge in [0.25, 0.3) is 0 Å². The second-order valence-corrected chi connectivity index (χ2v) is 6.56. The highest BCUT2D eigenvalue weighted by Gasteiger charge is 2.39. The van der Waals surface area contributed by atoms with E-state index in [4.69, 9.17) is 0 Å². The molecule has 0 saturated heterocycles. The van der Waals surface area contributed by atoms with Gasteiger partial charge in [-0.25, -0.2) is 0 Å². The Morgan fingerprint density at radius 1 is 1.33 bits per heavy atom. The largest absolute Gasteiger partial charge is 0.109 e. The molecule has 0 bridgehead atoms. The minimum Gasteiger partial charge on any atom is -0.109 e. The van der Waals surface area contributed by atoms with Gasteiger partial charge in [-0.2, -0.15) is 0 Å². The van der Waals surface area contributed by atoms with E-state index in [-0.39, 0.29) is 0 Å². The molecule has 0 aromatic rings. The van der Waals surface area contributed by atoms with Crippen LogP contribution in [0.4, 0.5) is 0 Å². The Hall–Kier alpha value is 0.430. The number of hydrogen-bond donors (Lipinski definition) is 0. The summed E-state index contributed by atoms with van der Waals surface area (Å²) in [7, 11) is 0.337. The van der Waals surface area contributed by atoms with Gasteiger partial charge in [-0.1, -0.05) is 13.8 Å². The molecule has 0 nitrogen and oxygen atoms in total. The Morgan fingerprint density at radius 3 is 1.89 bits per heavy atom. The highest BCUT2D eigenvalue weighted by atomic mass is 31.1. The lowest BCUT2D eigenvalue weighted by atomic mass is 9.72. The molecule has 1 fully saturated rings. The standard InChI is InChI=1S/C8H17P/c1-8(2)6-5-7(8)9(3)4/h7H,5-6H2,1-4H3. The lowest BCUT2D eigenvalue weighted by Gasteiger charge is -2.47. The fraction of sp³-hybridized carbons (Fsp3) is 1.00. The van der Waals surface area contributed by atoms with Crippen LogP contribution >= 0.6 is 7.92 Å². The molecular formula is C8H17P. The molecule has 1 atom stereocenters. The highest BCUT2D eigenvalue weighted by Crippen LogP contribution is 2.55. The van der Waals surface area contributed by atoms with Gasteiger partial charge in [-0.05, 0) is 37.2 Å². The van der Waals surface area contributed by atoms with Crippen molar-refractivity contribution in [3.63, 3.8) is 0 Å². The van der Waals surface area contributed by atoms with Gasteiger partial charge in [0.05, 0.1) is 0 Å². The molecule has 0 N–H and O–H groups in total. The lowest BCUT2D eigenvalue weighted by Crippen LogP contribution is -2.37. The summed E-state index contributed by atoms with van der Waals surface area (Å²) in [6, 6.07) is 0. The van der Waals surface area contributed by atoms with E-state index in [1.54, 1.807) is 0 Å². The SMILES string of the molecule is CP(C)C1CCC1(C)C. The van der Waals surface area contributed by atoms with E-state index in [1.807, 2.05) is 0 Å². The van der Waals surface area contributed by atoms with Crippen LogP contribution in [-0.2, 0) is 0 Å². The summed E-state index contributed by atoms with van der Waals surface area (Å²) in [6.07, 6.45) is 2.95. The maximum atomic E-state index is 2.41. The van der Waals surface area contributed by atoms with Gasteiger partial charge in [0.15, 0.2) is 0 Å². The molecule has 9 heavy (non-hydrogen) atoms. The summed E-state index contributed by atoms with van der Waals surface area (Å²) >= 11 is 0. The maximum absolute atomic E-state index is 2.41. The monoisotopic (exact) mass is 144 g/mol. The van der Waals surface area contributed by atoms with Crippen molar-refractivity contribution in [2.75, 3.05) is 13.3 Å². The van der Waals surface area contributed by atoms with E-state index >= 15 is 0 Å². The van der Waals surface area contributed by atoms with Crippen LogP contribution in [0.5, 0.6) is 0 Å². The van der Waals surface area contributed by atoms with Gasteiger partial charge >= 0.3 is 0 Å². The molecule has 0 spiro atoms. The Balaban J connectivity index is 2.45. The fourth-order valence-corrected chi connectivity index (χ4v) is 3.98. The Morgan fingerprint density at radius 2 is 1.89 bits per heavy atom. The molecule has 1 rings (SSSR count). The summed E-state index contributed by atoms with van der Waals surface area (Å²) in [5, 5.41) is 0. The zero-order chi connectivity index (χ0) is 7.07. The average Bonchev–Trinajstić information content (AvgIpc) is 1.62. The molecule has 1 aliphatic rings. The molecule has 0 radical (unpaired) electrons. The summed E-state index contributed by atoms with van der Waals surface area (Å²) in [5.74, 6) is 0. The second-order valence-electron chi connectivity index (χ2n) is 4.01. The van der Waals surface area contributed by atoms with Crippen molar-refractivity contribution >= 4 is 7.92 Å². The van der Waals surface area contributed by atoms with Gasteiger partial charge in [0.2, 0.25) is 0 Å². The highest BCUT2D eigenvalue weighted by molar-refractivity contribution is 7.56. The predicted octanol–water partition coefficient (Wildman–Crippen LogP) is 2.92. The zero-order valence-electron chi connectivity index (χ0n) is 6.94. The topological polar surface area (TPSA) is 0 Å². The number of rotatable bonds is 1. The van der Waals surface area contributed by atoms with Crippen molar-refractivity contribution in [1.29, 1.82) is 0 Å². The van der Waals surface area contributed by atoms with Crippen molar-refractivity contribution in [2.24, 2.45) is 5.41 Å². The molecule has 0 heterocycles. The Bertz CT molecular complexity index is 105. The van der Waals surface area contributed by atoms with Crippen LogP contribution in [0.3, 0.4) is 0 Å². The first-order chi connectivity index (χ1) is 4.04. The van der Waals surface area contributed by atoms with Crippen molar-refractivity contribution in [2.45, 2.75) is 32.3 Å². The third kappa shape index (κ3) is 1.29. The first-order valence-electron chi connectivity index (χ1n) is 3.70. The molecule has 1 heteroatoms. The Kier molecular flexibility index (Phi) is 1.87. The molecule has 1 unspecified atom stereocenters. The normalized spacial score (nSPS) is 32.3. The van der Waals surface area contributed by atoms with E-state index in [9.17, 15) is 0 Å². The molecule has 0 amide bonds. The van der Waals surface area contributed by atoms with E-state index in [1.165, 1.54) is 12.8 Å². The number of hydrogen-bond acceptors (Lipinski definition) is 0. The average molecular weight is 144 g/mol. The maximum Gasteiger partial charge on any atom is -0.0163 e. The second kappa shape index (κ2) is 2.23.